The molecule has 2 heterocycles. The Kier molecular flexibility index (Phi) is 3.57. The molecule has 0 saturated carbocycles. The van der Waals surface area contributed by atoms with Crippen molar-refractivity contribution >= 4 is 11.0 Å². The van der Waals surface area contributed by atoms with Crippen LogP contribution in [0.2, 0.25) is 0 Å². The molecule has 0 fully saturated rings. The van der Waals surface area contributed by atoms with Crippen LogP contribution in [0.1, 0.15) is 18.4 Å². The van der Waals surface area contributed by atoms with Gasteiger partial charge in [0.2, 0.25) is 0 Å². The number of aryl methyl sites for hydroxylation is 1. The van der Waals surface area contributed by atoms with Crippen LogP contribution in [0, 0.1) is 0 Å². The Morgan fingerprint density at radius 2 is 2.19 bits per heavy atom. The molecule has 0 aliphatic heterocycles. The fourth-order valence-electron chi connectivity index (χ4n) is 2.41. The number of ether oxygens (including phenoxy) is 1. The van der Waals surface area contributed by atoms with Gasteiger partial charge >= 0.3 is 0 Å². The third-order valence-electron chi connectivity index (χ3n) is 3.45. The minimum absolute atomic E-state index is 0.390. The van der Waals surface area contributed by atoms with Crippen molar-refractivity contribution < 1.29 is 4.74 Å². The average Bonchev–Trinajstić information content (AvgIpc) is 3.10. The summed E-state index contributed by atoms with van der Waals surface area (Å²) >= 11 is 0. The van der Waals surface area contributed by atoms with Gasteiger partial charge in [-0.2, -0.15) is 0 Å². The fourth-order valence-corrected chi connectivity index (χ4v) is 2.41. The molecule has 1 aromatic carbocycles. The van der Waals surface area contributed by atoms with Crippen molar-refractivity contribution in [3.63, 3.8) is 0 Å². The summed E-state index contributed by atoms with van der Waals surface area (Å²) in [7, 11) is 1.66. The molecule has 2 aromatic heterocycles. The monoisotopic (exact) mass is 286 g/mol. The predicted molar refractivity (Wildman–Crippen MR) is 79.0 cm³/mol. The second kappa shape index (κ2) is 5.53. The van der Waals surface area contributed by atoms with E-state index in [0.717, 1.165) is 34.8 Å². The molecule has 0 radical (unpaired) electrons. The number of aromatic nitrogens is 5. The van der Waals surface area contributed by atoms with E-state index in [1.807, 2.05) is 24.4 Å². The first-order valence-electron chi connectivity index (χ1n) is 6.87. The minimum atomic E-state index is 0.390. The summed E-state index contributed by atoms with van der Waals surface area (Å²) in [4.78, 5) is 4.69. The number of nitrogens with two attached hydrogens (primary N) is 1. The van der Waals surface area contributed by atoms with Crippen LogP contribution in [0.5, 0.6) is 5.75 Å². The molecule has 21 heavy (non-hydrogen) atoms. The number of nitrogens with zero attached hydrogens (tertiary/aromatic N) is 5. The number of hydrogen-bond acceptors (Lipinski definition) is 5. The Labute approximate surface area is 122 Å². The molecule has 0 unspecified atom stereocenters. The Morgan fingerprint density at radius 3 is 2.86 bits per heavy atom. The summed E-state index contributed by atoms with van der Waals surface area (Å²) in [6.07, 6.45) is 1.85. The smallest absolute Gasteiger partial charge is 0.131 e. The lowest BCUT2D eigenvalue weighted by atomic mass is 10.3. The molecular weight excluding hydrogens is 268 g/mol. The number of hydrogen-bond donors (Lipinski definition) is 1. The Balaban J connectivity index is 2.00. The quantitative estimate of drug-likeness (QED) is 0.761. The van der Waals surface area contributed by atoms with Crippen LogP contribution in [-0.4, -0.2) is 31.7 Å². The van der Waals surface area contributed by atoms with Crippen molar-refractivity contribution in [1.82, 2.24) is 24.5 Å². The molecule has 7 nitrogen and oxygen atoms in total. The van der Waals surface area contributed by atoms with Crippen LogP contribution in [0.25, 0.3) is 11.0 Å². The van der Waals surface area contributed by atoms with Gasteiger partial charge in [0.25, 0.3) is 0 Å². The van der Waals surface area contributed by atoms with Crippen molar-refractivity contribution in [2.75, 3.05) is 7.11 Å². The van der Waals surface area contributed by atoms with E-state index in [0.29, 0.717) is 13.1 Å². The predicted octanol–water partition coefficient (Wildman–Crippen LogP) is 1.16. The number of benzene rings is 1. The largest absolute Gasteiger partial charge is 0.497 e. The third-order valence-corrected chi connectivity index (χ3v) is 3.45. The number of rotatable bonds is 5. The molecule has 0 amide bonds. The Bertz CT molecular complexity index is 760. The molecule has 0 saturated heterocycles. The van der Waals surface area contributed by atoms with Gasteiger partial charge in [0.15, 0.2) is 0 Å². The lowest BCUT2D eigenvalue weighted by Gasteiger charge is -2.05. The highest BCUT2D eigenvalue weighted by atomic mass is 16.5. The molecule has 0 bridgehead atoms. The van der Waals surface area contributed by atoms with Gasteiger partial charge in [0.05, 0.1) is 30.0 Å². The molecule has 3 aromatic rings. The lowest BCUT2D eigenvalue weighted by molar-refractivity contribution is 0.415. The highest BCUT2D eigenvalue weighted by Crippen LogP contribution is 2.22. The van der Waals surface area contributed by atoms with Crippen molar-refractivity contribution in [3.05, 3.63) is 35.9 Å². The molecular formula is C14H18N6O. The Hall–Kier alpha value is -2.41. The van der Waals surface area contributed by atoms with E-state index in [-0.39, 0.29) is 0 Å². The van der Waals surface area contributed by atoms with Crippen molar-refractivity contribution in [2.24, 2.45) is 5.73 Å². The summed E-state index contributed by atoms with van der Waals surface area (Å²) in [5.74, 6) is 1.75. The van der Waals surface area contributed by atoms with E-state index in [9.17, 15) is 0 Å². The van der Waals surface area contributed by atoms with Gasteiger partial charge in [-0.25, -0.2) is 9.67 Å². The summed E-state index contributed by atoms with van der Waals surface area (Å²) in [5.41, 5.74) is 8.34. The van der Waals surface area contributed by atoms with Crippen LogP contribution in [0.4, 0.5) is 0 Å². The van der Waals surface area contributed by atoms with Crippen molar-refractivity contribution in [1.29, 1.82) is 0 Å². The molecule has 110 valence electrons. The number of methoxy groups -OCH3 is 1. The summed E-state index contributed by atoms with van der Waals surface area (Å²) in [6, 6.07) is 5.92. The van der Waals surface area contributed by atoms with Crippen LogP contribution in [-0.2, 0) is 19.6 Å². The van der Waals surface area contributed by atoms with Gasteiger partial charge < -0.3 is 15.0 Å². The topological polar surface area (TPSA) is 83.8 Å². The first kappa shape index (κ1) is 13.6. The first-order chi connectivity index (χ1) is 10.2. The summed E-state index contributed by atoms with van der Waals surface area (Å²) < 4.78 is 9.17. The van der Waals surface area contributed by atoms with Crippen LogP contribution in [0.3, 0.4) is 0 Å². The summed E-state index contributed by atoms with van der Waals surface area (Å²) in [6.45, 7) is 3.90. The van der Waals surface area contributed by atoms with E-state index in [2.05, 4.69) is 26.8 Å². The molecule has 0 aliphatic carbocycles. The van der Waals surface area contributed by atoms with Crippen LogP contribution >= 0.6 is 0 Å². The molecule has 0 aliphatic rings. The summed E-state index contributed by atoms with van der Waals surface area (Å²) in [5, 5.41) is 8.07. The van der Waals surface area contributed by atoms with E-state index < -0.39 is 0 Å². The van der Waals surface area contributed by atoms with Gasteiger partial charge in [-0.1, -0.05) is 5.21 Å². The molecule has 0 atom stereocenters. The van der Waals surface area contributed by atoms with Crippen molar-refractivity contribution in [2.45, 2.75) is 26.6 Å². The van der Waals surface area contributed by atoms with Gasteiger partial charge in [-0.15, -0.1) is 5.10 Å². The number of fused-ring (bicyclic) bond motifs is 1. The zero-order valence-electron chi connectivity index (χ0n) is 12.2. The zero-order valence-corrected chi connectivity index (χ0v) is 12.2. The van der Waals surface area contributed by atoms with E-state index in [4.69, 9.17) is 10.5 Å². The molecule has 0 spiro atoms. The van der Waals surface area contributed by atoms with Gasteiger partial charge in [-0.3, -0.25) is 0 Å². The second-order valence-electron chi connectivity index (χ2n) is 4.74. The normalized spacial score (nSPS) is 11.2. The van der Waals surface area contributed by atoms with E-state index >= 15 is 0 Å². The van der Waals surface area contributed by atoms with Gasteiger partial charge in [-0.05, 0) is 19.1 Å². The highest BCUT2D eigenvalue weighted by Gasteiger charge is 2.11. The Morgan fingerprint density at radius 1 is 1.33 bits per heavy atom. The lowest BCUT2D eigenvalue weighted by Crippen LogP contribution is -2.08. The molecule has 3 rings (SSSR count). The zero-order chi connectivity index (χ0) is 14.8. The van der Waals surface area contributed by atoms with Gasteiger partial charge in [0.1, 0.15) is 18.1 Å². The fraction of sp³-hybridized carbons (Fsp3) is 0.357. The van der Waals surface area contributed by atoms with E-state index in [1.165, 1.54) is 0 Å². The maximum absolute atomic E-state index is 5.56. The molecule has 7 heteroatoms. The number of imidazole rings is 1. The second-order valence-corrected chi connectivity index (χ2v) is 4.74. The van der Waals surface area contributed by atoms with Crippen LogP contribution in [0.15, 0.2) is 24.4 Å². The molecule has 2 N–H and O–H groups in total. The highest BCUT2D eigenvalue weighted by molar-refractivity contribution is 5.77. The maximum Gasteiger partial charge on any atom is 0.131 e. The van der Waals surface area contributed by atoms with Crippen molar-refractivity contribution in [3.8, 4) is 5.75 Å². The average molecular weight is 286 g/mol. The first-order valence-corrected chi connectivity index (χ1v) is 6.87. The third kappa shape index (κ3) is 2.47. The minimum Gasteiger partial charge on any atom is -0.497 e. The van der Waals surface area contributed by atoms with Gasteiger partial charge in [0, 0.05) is 19.2 Å². The standard InChI is InChI=1S/C14H18N6O/c1-3-20-13-5-4-11(21-2)6-12(13)16-14(20)9-19-8-10(7-15)17-18-19/h4-6,8H,3,7,9,15H2,1-2H3. The van der Waals surface area contributed by atoms with E-state index in [1.54, 1.807) is 11.8 Å². The SMILES string of the molecule is CCn1c(Cn2cc(CN)nn2)nc2cc(OC)ccc21. The maximum atomic E-state index is 5.56. The van der Waals surface area contributed by atoms with Crippen LogP contribution < -0.4 is 10.5 Å².